The van der Waals surface area contributed by atoms with Crippen LogP contribution in [0.2, 0.25) is 0 Å². The van der Waals surface area contributed by atoms with Crippen molar-refractivity contribution in [2.75, 3.05) is 33.4 Å². The van der Waals surface area contributed by atoms with Crippen LogP contribution in [0.4, 0.5) is 4.79 Å². The summed E-state index contributed by atoms with van der Waals surface area (Å²) in [6.07, 6.45) is 0.144. The number of nitriles is 1. The van der Waals surface area contributed by atoms with Crippen molar-refractivity contribution in [2.45, 2.75) is 69.1 Å². The Morgan fingerprint density at radius 3 is 2.54 bits per heavy atom. The van der Waals surface area contributed by atoms with Gasteiger partial charge in [-0.05, 0) is 54.5 Å². The molecule has 1 aliphatic rings. The molecule has 1 amide bonds. The van der Waals surface area contributed by atoms with E-state index in [-0.39, 0.29) is 30.5 Å². The van der Waals surface area contributed by atoms with E-state index in [0.29, 0.717) is 44.6 Å². The molecule has 0 aromatic heterocycles. The molecule has 0 bridgehead atoms. The van der Waals surface area contributed by atoms with Crippen molar-refractivity contribution in [3.05, 3.63) is 60.2 Å². The van der Waals surface area contributed by atoms with E-state index >= 15 is 0 Å². The van der Waals surface area contributed by atoms with Crippen molar-refractivity contribution >= 4 is 16.1 Å². The largest absolute Gasteiger partial charge is 0.497 e. The molecule has 1 heterocycles. The van der Waals surface area contributed by atoms with Crippen molar-refractivity contribution < 1.29 is 32.5 Å². The number of hydrogen-bond acceptors (Lipinski definition) is 8. The summed E-state index contributed by atoms with van der Waals surface area (Å²) in [5.74, 6) is 0.519. The lowest BCUT2D eigenvalue weighted by Gasteiger charge is -2.35. The van der Waals surface area contributed by atoms with Crippen LogP contribution in [-0.4, -0.2) is 75.6 Å². The first kappa shape index (κ1) is 32.3. The van der Waals surface area contributed by atoms with Gasteiger partial charge in [0.05, 0.1) is 43.4 Å². The minimum Gasteiger partial charge on any atom is -0.497 e. The number of rotatable bonds is 15. The Kier molecular flexibility index (Phi) is 12.0. The van der Waals surface area contributed by atoms with Crippen molar-refractivity contribution in [3.8, 4) is 11.8 Å². The monoisotopic (exact) mass is 587 g/mol. The first-order chi connectivity index (χ1) is 19.5. The van der Waals surface area contributed by atoms with Gasteiger partial charge < -0.3 is 24.6 Å². The zero-order valence-corrected chi connectivity index (χ0v) is 24.8. The van der Waals surface area contributed by atoms with E-state index in [1.54, 1.807) is 12.1 Å². The molecule has 2 aromatic carbocycles. The number of alkyl carbamates (subject to hydrolysis) is 1. The van der Waals surface area contributed by atoms with Gasteiger partial charge in [0.15, 0.2) is 0 Å². The summed E-state index contributed by atoms with van der Waals surface area (Å²) in [6, 6.07) is 16.7. The normalized spacial score (nSPS) is 17.0. The van der Waals surface area contributed by atoms with E-state index in [1.165, 1.54) is 23.5 Å². The second kappa shape index (κ2) is 15.2. The van der Waals surface area contributed by atoms with Gasteiger partial charge in [0.25, 0.3) is 0 Å². The van der Waals surface area contributed by atoms with E-state index < -0.39 is 33.7 Å². The Hall–Kier alpha value is -3.17. The lowest BCUT2D eigenvalue weighted by Crippen LogP contribution is -2.52. The molecule has 1 unspecified atom stereocenters. The molecule has 3 atom stereocenters. The lowest BCUT2D eigenvalue weighted by molar-refractivity contribution is 0.0624. The molecule has 0 radical (unpaired) electrons. The molecule has 0 saturated carbocycles. The van der Waals surface area contributed by atoms with Crippen molar-refractivity contribution in [1.29, 1.82) is 5.26 Å². The second-order valence-corrected chi connectivity index (χ2v) is 13.0. The zero-order chi connectivity index (χ0) is 29.9. The number of aliphatic hydroxyl groups excluding tert-OH is 1. The van der Waals surface area contributed by atoms with E-state index in [1.807, 2.05) is 44.2 Å². The van der Waals surface area contributed by atoms with Gasteiger partial charge >= 0.3 is 6.09 Å². The summed E-state index contributed by atoms with van der Waals surface area (Å²) in [6.45, 7) is 4.54. The minimum absolute atomic E-state index is 0.0616. The second-order valence-electron chi connectivity index (χ2n) is 11.0. The number of nitrogens with one attached hydrogen (secondary N) is 1. The summed E-state index contributed by atoms with van der Waals surface area (Å²) < 4.78 is 45.0. The van der Waals surface area contributed by atoms with Crippen molar-refractivity contribution in [3.63, 3.8) is 0 Å². The molecule has 1 fully saturated rings. The number of nitrogens with zero attached hydrogens (tertiary/aromatic N) is 2. The average molecular weight is 588 g/mol. The van der Waals surface area contributed by atoms with Gasteiger partial charge in [0.2, 0.25) is 10.0 Å². The smallest absolute Gasteiger partial charge is 0.407 e. The predicted octanol–water partition coefficient (Wildman–Crippen LogP) is 3.89. The lowest BCUT2D eigenvalue weighted by atomic mass is 9.87. The molecule has 2 N–H and O–H groups in total. The van der Waals surface area contributed by atoms with E-state index in [9.17, 15) is 18.3 Å². The molecule has 1 aliphatic heterocycles. The SMILES string of the molecule is COc1ccc(S(=O)(=O)N(C[C@@H](O)[C@H](Cc2ccccc2)NC(=O)OC2CCOC2)CC(C)(C)CCCC#N)cc1. The number of sulfonamides is 1. The highest BCUT2D eigenvalue weighted by Gasteiger charge is 2.35. The first-order valence-electron chi connectivity index (χ1n) is 13.8. The first-order valence-corrected chi connectivity index (χ1v) is 15.3. The highest BCUT2D eigenvalue weighted by atomic mass is 32.2. The van der Waals surface area contributed by atoms with Crippen LogP contribution < -0.4 is 10.1 Å². The standard InChI is InChI=1S/C30H41N3O7S/c1-30(2,16-7-8-17-31)22-33(41(36,37)26-13-11-24(38-3)12-14-26)20-28(34)27(19-23-9-5-4-6-10-23)32-29(35)40-25-15-18-39-21-25/h4-6,9-14,25,27-28,34H,7-8,15-16,18-22H2,1-3H3,(H,32,35)/t25?,27-,28+/m0/s1. The molecule has 224 valence electrons. The highest BCUT2D eigenvalue weighted by molar-refractivity contribution is 7.89. The molecule has 11 heteroatoms. The van der Waals surface area contributed by atoms with Crippen LogP contribution in [0.15, 0.2) is 59.5 Å². The number of methoxy groups -OCH3 is 1. The van der Waals surface area contributed by atoms with Crippen LogP contribution in [0.5, 0.6) is 5.75 Å². The van der Waals surface area contributed by atoms with E-state index in [0.717, 1.165) is 5.56 Å². The number of carbonyl (C=O) groups is 1. The molecule has 0 spiro atoms. The summed E-state index contributed by atoms with van der Waals surface area (Å²) in [5, 5.41) is 23.2. The zero-order valence-electron chi connectivity index (χ0n) is 24.0. The number of unbranched alkanes of at least 4 members (excludes halogenated alkanes) is 1. The Bertz CT molecular complexity index is 1240. The van der Waals surface area contributed by atoms with Gasteiger partial charge in [-0.3, -0.25) is 0 Å². The van der Waals surface area contributed by atoms with Gasteiger partial charge in [-0.15, -0.1) is 0 Å². The third kappa shape index (κ3) is 10.0. The number of hydrogen-bond donors (Lipinski definition) is 2. The van der Waals surface area contributed by atoms with E-state index in [4.69, 9.17) is 19.5 Å². The Morgan fingerprint density at radius 2 is 1.93 bits per heavy atom. The van der Waals surface area contributed by atoms with Gasteiger partial charge in [0.1, 0.15) is 11.9 Å². The number of carbonyl (C=O) groups excluding carboxylic acids is 1. The molecule has 2 aromatic rings. The number of benzene rings is 2. The Morgan fingerprint density at radius 1 is 1.22 bits per heavy atom. The predicted molar refractivity (Wildman–Crippen MR) is 154 cm³/mol. The molecule has 10 nitrogen and oxygen atoms in total. The minimum atomic E-state index is -4.05. The maximum Gasteiger partial charge on any atom is 0.407 e. The fourth-order valence-corrected chi connectivity index (χ4v) is 6.42. The molecular formula is C30H41N3O7S. The van der Waals surface area contributed by atoms with Crippen molar-refractivity contribution in [2.24, 2.45) is 5.41 Å². The van der Waals surface area contributed by atoms with Crippen LogP contribution in [0.3, 0.4) is 0 Å². The van der Waals surface area contributed by atoms with Crippen LogP contribution in [0, 0.1) is 16.7 Å². The molecule has 3 rings (SSSR count). The van der Waals surface area contributed by atoms with Gasteiger partial charge in [-0.1, -0.05) is 44.2 Å². The molecular weight excluding hydrogens is 546 g/mol. The number of amides is 1. The Labute approximate surface area is 243 Å². The average Bonchev–Trinajstić information content (AvgIpc) is 3.45. The maximum absolute atomic E-state index is 13.9. The van der Waals surface area contributed by atoms with Gasteiger partial charge in [-0.25, -0.2) is 13.2 Å². The van der Waals surface area contributed by atoms with Crippen LogP contribution in [0.1, 0.15) is 45.1 Å². The van der Waals surface area contributed by atoms with E-state index in [2.05, 4.69) is 11.4 Å². The summed E-state index contributed by atoms with van der Waals surface area (Å²) in [7, 11) is -2.55. The summed E-state index contributed by atoms with van der Waals surface area (Å²) in [5.41, 5.74) is 0.377. The third-order valence-corrected chi connectivity index (χ3v) is 8.89. The van der Waals surface area contributed by atoms with Gasteiger partial charge in [0, 0.05) is 25.9 Å². The third-order valence-electron chi connectivity index (χ3n) is 7.06. The van der Waals surface area contributed by atoms with Crippen LogP contribution >= 0.6 is 0 Å². The van der Waals surface area contributed by atoms with Gasteiger partial charge in [-0.2, -0.15) is 9.57 Å². The Balaban J connectivity index is 1.87. The summed E-state index contributed by atoms with van der Waals surface area (Å²) >= 11 is 0. The number of ether oxygens (including phenoxy) is 3. The highest BCUT2D eigenvalue weighted by Crippen LogP contribution is 2.29. The molecule has 0 aliphatic carbocycles. The fourth-order valence-electron chi connectivity index (χ4n) is 4.78. The fraction of sp³-hybridized carbons (Fsp3) is 0.533. The van der Waals surface area contributed by atoms with Crippen LogP contribution in [-0.2, 0) is 25.9 Å². The number of aliphatic hydroxyl groups is 1. The van der Waals surface area contributed by atoms with Crippen molar-refractivity contribution in [1.82, 2.24) is 9.62 Å². The maximum atomic E-state index is 13.9. The molecule has 1 saturated heterocycles. The topological polar surface area (TPSA) is 138 Å². The quantitative estimate of drug-likeness (QED) is 0.299. The molecule has 41 heavy (non-hydrogen) atoms. The van der Waals surface area contributed by atoms with Crippen LogP contribution in [0.25, 0.3) is 0 Å². The summed E-state index contributed by atoms with van der Waals surface area (Å²) in [4.78, 5) is 12.8.